The van der Waals surface area contributed by atoms with Gasteiger partial charge in [-0.1, -0.05) is 20.8 Å². The zero-order chi connectivity index (χ0) is 21.0. The first-order chi connectivity index (χ1) is 13.8. The number of nitrogens with zero attached hydrogens (tertiary/aromatic N) is 3. The Hall–Kier alpha value is -2.29. The highest BCUT2D eigenvalue weighted by molar-refractivity contribution is 7.99. The number of benzene rings is 2. The Kier molecular flexibility index (Phi) is 6.66. The van der Waals surface area contributed by atoms with Gasteiger partial charge >= 0.3 is 0 Å². The van der Waals surface area contributed by atoms with E-state index in [-0.39, 0.29) is 24.4 Å². The molecule has 29 heavy (non-hydrogen) atoms. The van der Waals surface area contributed by atoms with Crippen LogP contribution in [0.25, 0.3) is 16.7 Å². The van der Waals surface area contributed by atoms with E-state index in [1.807, 2.05) is 45.0 Å². The molecule has 0 saturated heterocycles. The normalized spacial score (nSPS) is 11.9. The zero-order valence-electron chi connectivity index (χ0n) is 16.9. The van der Waals surface area contributed by atoms with E-state index >= 15 is 0 Å². The molecule has 2 aromatic carbocycles. The summed E-state index contributed by atoms with van der Waals surface area (Å²) in [6.45, 7) is 6.59. The highest BCUT2D eigenvalue weighted by atomic mass is 32.2. The molecule has 3 aromatic rings. The Bertz CT molecular complexity index is 982. The number of aliphatic hydroxyl groups is 2. The average Bonchev–Trinajstić information content (AvgIpc) is 3.09. The van der Waals surface area contributed by atoms with Crippen molar-refractivity contribution in [2.45, 2.75) is 37.5 Å². The molecule has 0 spiro atoms. The molecule has 0 amide bonds. The fourth-order valence-electron chi connectivity index (χ4n) is 2.91. The quantitative estimate of drug-likeness (QED) is 0.382. The van der Waals surface area contributed by atoms with Crippen LogP contribution in [-0.2, 0) is 5.41 Å². The molecule has 3 N–H and O–H groups in total. The number of aliphatic hydroxyl groups excluding tert-OH is 2. The van der Waals surface area contributed by atoms with Gasteiger partial charge in [0.2, 0.25) is 0 Å². The molecule has 0 atom stereocenters. The molecule has 1 aromatic heterocycles. The maximum Gasteiger partial charge on any atom is 0.147 e. The number of hydrogen-bond acceptors (Lipinski definition) is 7. The van der Waals surface area contributed by atoms with Gasteiger partial charge in [-0.25, -0.2) is 0 Å². The highest BCUT2D eigenvalue weighted by Gasteiger charge is 2.23. The lowest BCUT2D eigenvalue weighted by Crippen LogP contribution is -2.14. The van der Waals surface area contributed by atoms with Crippen LogP contribution in [0.15, 0.2) is 35.2 Å². The standard InChI is InChI=1S/C21H27N3O4S/c1-21(2,3)16-11-14(28-9-4-7-25)12-19(20(16)27)24-22-17-6-5-15(29-10-8-26)13-18(17)23-24/h5-6,11-13,25-27H,4,7-10H2,1-3H3. The third-order valence-electron chi connectivity index (χ3n) is 4.37. The van der Waals surface area contributed by atoms with Crippen LogP contribution in [0.3, 0.4) is 0 Å². The summed E-state index contributed by atoms with van der Waals surface area (Å²) < 4.78 is 5.77. The summed E-state index contributed by atoms with van der Waals surface area (Å²) in [5.74, 6) is 1.32. The Morgan fingerprint density at radius 1 is 1.03 bits per heavy atom. The van der Waals surface area contributed by atoms with E-state index in [1.165, 1.54) is 4.80 Å². The molecular weight excluding hydrogens is 390 g/mol. The molecule has 7 nitrogen and oxygen atoms in total. The minimum absolute atomic E-state index is 0.0554. The SMILES string of the molecule is CC(C)(C)c1cc(OCCCO)cc(-n2nc3ccc(SCCO)cc3n2)c1O. The van der Waals surface area contributed by atoms with Crippen molar-refractivity contribution in [2.75, 3.05) is 25.6 Å². The fourth-order valence-corrected chi connectivity index (χ4v) is 3.60. The molecule has 3 rings (SSSR count). The Balaban J connectivity index is 2.04. The largest absolute Gasteiger partial charge is 0.505 e. The summed E-state index contributed by atoms with van der Waals surface area (Å²) in [5, 5.41) is 38.0. The van der Waals surface area contributed by atoms with Crippen molar-refractivity contribution in [1.82, 2.24) is 15.0 Å². The molecule has 0 bridgehead atoms. The summed E-state index contributed by atoms with van der Waals surface area (Å²) in [6.07, 6.45) is 0.527. The van der Waals surface area contributed by atoms with Crippen LogP contribution in [0.2, 0.25) is 0 Å². The number of ether oxygens (including phenoxy) is 1. The minimum Gasteiger partial charge on any atom is -0.505 e. The van der Waals surface area contributed by atoms with Gasteiger partial charge in [-0.2, -0.15) is 0 Å². The van der Waals surface area contributed by atoms with Gasteiger partial charge in [-0.3, -0.25) is 0 Å². The molecule has 8 heteroatoms. The summed E-state index contributed by atoms with van der Waals surface area (Å²) in [5.41, 5.74) is 2.28. The van der Waals surface area contributed by atoms with Gasteiger partial charge in [0.05, 0.1) is 13.2 Å². The molecule has 156 valence electrons. The van der Waals surface area contributed by atoms with Crippen LogP contribution in [0, 0.1) is 0 Å². The first-order valence-electron chi connectivity index (χ1n) is 9.56. The maximum atomic E-state index is 10.9. The van der Waals surface area contributed by atoms with Crippen LogP contribution in [0.1, 0.15) is 32.8 Å². The second-order valence-corrected chi connectivity index (χ2v) is 8.89. The summed E-state index contributed by atoms with van der Waals surface area (Å²) >= 11 is 1.55. The molecule has 0 aliphatic rings. The van der Waals surface area contributed by atoms with E-state index in [9.17, 15) is 5.11 Å². The van der Waals surface area contributed by atoms with Crippen LogP contribution in [-0.4, -0.2) is 55.9 Å². The molecule has 0 aliphatic carbocycles. The third kappa shape index (κ3) is 5.01. The first-order valence-corrected chi connectivity index (χ1v) is 10.5. The Morgan fingerprint density at radius 2 is 1.79 bits per heavy atom. The van der Waals surface area contributed by atoms with Crippen molar-refractivity contribution in [1.29, 1.82) is 0 Å². The molecule has 0 aliphatic heterocycles. The van der Waals surface area contributed by atoms with Crippen molar-refractivity contribution in [3.8, 4) is 17.2 Å². The zero-order valence-corrected chi connectivity index (χ0v) is 17.7. The molecule has 0 saturated carbocycles. The smallest absolute Gasteiger partial charge is 0.147 e. The lowest BCUT2D eigenvalue weighted by molar-refractivity contribution is 0.233. The van der Waals surface area contributed by atoms with Gasteiger partial charge in [0.1, 0.15) is 28.2 Å². The Labute approximate surface area is 174 Å². The van der Waals surface area contributed by atoms with E-state index in [0.717, 1.165) is 10.5 Å². The minimum atomic E-state index is -0.310. The number of phenols is 1. The Morgan fingerprint density at radius 3 is 2.48 bits per heavy atom. The van der Waals surface area contributed by atoms with Gasteiger partial charge in [-0.15, -0.1) is 26.8 Å². The van der Waals surface area contributed by atoms with Gasteiger partial charge in [0, 0.05) is 35.3 Å². The number of fused-ring (bicyclic) bond motifs is 1. The lowest BCUT2D eigenvalue weighted by atomic mass is 9.86. The number of thioether (sulfide) groups is 1. The van der Waals surface area contributed by atoms with Crippen molar-refractivity contribution in [3.05, 3.63) is 35.9 Å². The van der Waals surface area contributed by atoms with E-state index in [0.29, 0.717) is 41.3 Å². The van der Waals surface area contributed by atoms with E-state index in [2.05, 4.69) is 10.2 Å². The summed E-state index contributed by atoms with van der Waals surface area (Å²) in [4.78, 5) is 2.42. The number of aromatic hydroxyl groups is 1. The van der Waals surface area contributed by atoms with E-state index in [4.69, 9.17) is 14.9 Å². The number of hydrogen-bond donors (Lipinski definition) is 3. The predicted molar refractivity (Wildman–Crippen MR) is 114 cm³/mol. The van der Waals surface area contributed by atoms with Crippen molar-refractivity contribution in [3.63, 3.8) is 0 Å². The van der Waals surface area contributed by atoms with Crippen LogP contribution in [0.5, 0.6) is 11.5 Å². The summed E-state index contributed by atoms with van der Waals surface area (Å²) in [7, 11) is 0. The maximum absolute atomic E-state index is 10.9. The van der Waals surface area contributed by atoms with Crippen LogP contribution < -0.4 is 4.74 Å². The third-order valence-corrected chi connectivity index (χ3v) is 5.34. The monoisotopic (exact) mass is 417 g/mol. The number of rotatable bonds is 8. The van der Waals surface area contributed by atoms with Crippen LogP contribution in [0.4, 0.5) is 0 Å². The molecule has 0 radical (unpaired) electrons. The van der Waals surface area contributed by atoms with Crippen LogP contribution >= 0.6 is 11.8 Å². The van der Waals surface area contributed by atoms with Crippen molar-refractivity contribution < 1.29 is 20.1 Å². The molecule has 0 fully saturated rings. The van der Waals surface area contributed by atoms with Crippen molar-refractivity contribution >= 4 is 22.8 Å². The first kappa shape index (κ1) is 21.4. The van der Waals surface area contributed by atoms with Gasteiger partial charge in [-0.05, 0) is 29.7 Å². The topological polar surface area (TPSA) is 101 Å². The second-order valence-electron chi connectivity index (χ2n) is 7.73. The highest BCUT2D eigenvalue weighted by Crippen LogP contribution is 2.38. The lowest BCUT2D eigenvalue weighted by Gasteiger charge is -2.23. The fraction of sp³-hybridized carbons (Fsp3) is 0.429. The van der Waals surface area contributed by atoms with Gasteiger partial charge in [0.15, 0.2) is 0 Å². The second kappa shape index (κ2) is 9.02. The van der Waals surface area contributed by atoms with Gasteiger partial charge in [0.25, 0.3) is 0 Å². The molecule has 0 unspecified atom stereocenters. The number of aromatic nitrogens is 3. The predicted octanol–water partition coefficient (Wildman–Crippen LogP) is 3.27. The summed E-state index contributed by atoms with van der Waals surface area (Å²) in [6, 6.07) is 9.27. The van der Waals surface area contributed by atoms with Crippen molar-refractivity contribution in [2.24, 2.45) is 0 Å². The molecular formula is C21H27N3O4S. The number of phenolic OH excluding ortho intramolecular Hbond substituents is 1. The van der Waals surface area contributed by atoms with Gasteiger partial charge < -0.3 is 20.1 Å². The van der Waals surface area contributed by atoms with E-state index in [1.54, 1.807) is 17.8 Å². The molecule has 1 heterocycles. The van der Waals surface area contributed by atoms with E-state index < -0.39 is 0 Å². The average molecular weight is 418 g/mol.